The lowest BCUT2D eigenvalue weighted by Gasteiger charge is -2.07. The fourth-order valence-corrected chi connectivity index (χ4v) is 6.90. The van der Waals surface area contributed by atoms with Crippen molar-refractivity contribution in [3.8, 4) is 0 Å². The predicted octanol–water partition coefficient (Wildman–Crippen LogP) is 8.07. The number of hydrogen-bond acceptors (Lipinski definition) is 0. The SMILES string of the molecule is c1ccc2c(c1)=c1ccc3c4c(c5ccccc5c=2c14)=c1c=3c2ccccc2c2ccccc12. The van der Waals surface area contributed by atoms with Crippen LogP contribution in [0.15, 0.2) is 109 Å². The fraction of sp³-hybridized carbons (Fsp3) is 0. The van der Waals surface area contributed by atoms with Gasteiger partial charge in [0, 0.05) is 0 Å². The van der Waals surface area contributed by atoms with Crippen LogP contribution >= 0.6 is 0 Å². The summed E-state index contributed by atoms with van der Waals surface area (Å²) in [6.45, 7) is 0. The van der Waals surface area contributed by atoms with Crippen LogP contribution in [0.4, 0.5) is 0 Å². The zero-order chi connectivity index (χ0) is 22.0. The van der Waals surface area contributed by atoms with Crippen molar-refractivity contribution < 1.29 is 0 Å². The molecule has 34 heavy (non-hydrogen) atoms. The van der Waals surface area contributed by atoms with Gasteiger partial charge >= 0.3 is 0 Å². The zero-order valence-electron chi connectivity index (χ0n) is 18.4. The Morgan fingerprint density at radius 2 is 0.676 bits per heavy atom. The van der Waals surface area contributed by atoms with Crippen LogP contribution in [0.2, 0.25) is 0 Å². The lowest BCUT2D eigenvalue weighted by Crippen LogP contribution is -1.85. The van der Waals surface area contributed by atoms with Crippen molar-refractivity contribution in [3.63, 3.8) is 0 Å². The second kappa shape index (κ2) is 5.73. The van der Waals surface area contributed by atoms with E-state index in [9.17, 15) is 0 Å². The summed E-state index contributed by atoms with van der Waals surface area (Å²) in [5, 5.41) is 22.0. The maximum atomic E-state index is 2.38. The third-order valence-corrected chi connectivity index (χ3v) is 8.11. The highest BCUT2D eigenvalue weighted by molar-refractivity contribution is 6.11. The molecule has 0 bridgehead atoms. The van der Waals surface area contributed by atoms with Gasteiger partial charge in [-0.25, -0.2) is 0 Å². The molecule has 0 saturated heterocycles. The van der Waals surface area contributed by atoms with Crippen LogP contribution in [0.1, 0.15) is 0 Å². The summed E-state index contributed by atoms with van der Waals surface area (Å²) in [7, 11) is 0. The van der Waals surface area contributed by atoms with Gasteiger partial charge in [0.1, 0.15) is 0 Å². The lowest BCUT2D eigenvalue weighted by molar-refractivity contribution is 1.49. The number of benzene rings is 7. The van der Waals surface area contributed by atoms with Gasteiger partial charge in [0.15, 0.2) is 0 Å². The third kappa shape index (κ3) is 1.78. The van der Waals surface area contributed by atoms with Gasteiger partial charge in [-0.1, -0.05) is 109 Å². The molecule has 0 nitrogen and oxygen atoms in total. The molecule has 7 aromatic carbocycles. The van der Waals surface area contributed by atoms with E-state index in [4.69, 9.17) is 0 Å². The molecule has 0 radical (unpaired) electrons. The van der Waals surface area contributed by atoms with E-state index in [1.54, 1.807) is 0 Å². The minimum atomic E-state index is 1.34. The first-order valence-electron chi connectivity index (χ1n) is 12.0. The minimum absolute atomic E-state index is 1.34. The first-order valence-corrected chi connectivity index (χ1v) is 12.0. The summed E-state index contributed by atoms with van der Waals surface area (Å²) in [5.74, 6) is 0. The van der Waals surface area contributed by atoms with Crippen molar-refractivity contribution in [1.29, 1.82) is 0 Å². The maximum Gasteiger partial charge on any atom is -0.000696 e. The van der Waals surface area contributed by atoms with Gasteiger partial charge in [0.2, 0.25) is 0 Å². The smallest absolute Gasteiger partial charge is 0.000696 e. The molecule has 0 unspecified atom stereocenters. The predicted molar refractivity (Wildman–Crippen MR) is 140 cm³/mol. The van der Waals surface area contributed by atoms with Gasteiger partial charge in [-0.05, 0) is 84.8 Å². The second-order valence-corrected chi connectivity index (χ2v) is 9.59. The summed E-state index contributed by atoms with van der Waals surface area (Å²) >= 11 is 0. The molecule has 9 rings (SSSR count). The largest absolute Gasteiger partial charge is 0.0616 e. The Hall–Kier alpha value is -4.42. The highest BCUT2D eigenvalue weighted by Crippen LogP contribution is 2.39. The molecule has 2 aliphatic carbocycles. The van der Waals surface area contributed by atoms with Gasteiger partial charge in [-0.2, -0.15) is 0 Å². The van der Waals surface area contributed by atoms with Crippen molar-refractivity contribution in [2.75, 3.05) is 0 Å². The molecule has 0 N–H and O–H groups in total. The van der Waals surface area contributed by atoms with Gasteiger partial charge in [-0.15, -0.1) is 0 Å². The highest BCUT2D eigenvalue weighted by Gasteiger charge is 2.19. The van der Waals surface area contributed by atoms with E-state index < -0.39 is 0 Å². The Labute approximate surface area is 194 Å². The molecule has 0 heteroatoms. The monoisotopic (exact) mass is 426 g/mol. The van der Waals surface area contributed by atoms with E-state index in [0.717, 1.165) is 0 Å². The van der Waals surface area contributed by atoms with Gasteiger partial charge in [0.25, 0.3) is 0 Å². The van der Waals surface area contributed by atoms with Gasteiger partial charge in [0.05, 0.1) is 0 Å². The molecule has 0 atom stereocenters. The maximum absolute atomic E-state index is 2.38. The van der Waals surface area contributed by atoms with Crippen LogP contribution in [0, 0.1) is 41.7 Å². The quantitative estimate of drug-likeness (QED) is 0.170. The van der Waals surface area contributed by atoms with Crippen LogP contribution in [-0.4, -0.2) is 0 Å². The average Bonchev–Trinajstić information content (AvgIpc) is 3.43. The molecule has 0 saturated carbocycles. The summed E-state index contributed by atoms with van der Waals surface area (Å²) in [5.41, 5.74) is 0. The molecule has 0 aromatic heterocycles. The van der Waals surface area contributed by atoms with E-state index in [2.05, 4.69) is 109 Å². The topological polar surface area (TPSA) is 0 Å². The summed E-state index contributed by atoms with van der Waals surface area (Å²) in [6.07, 6.45) is 0. The van der Waals surface area contributed by atoms with Gasteiger partial charge < -0.3 is 0 Å². The van der Waals surface area contributed by atoms with E-state index >= 15 is 0 Å². The summed E-state index contributed by atoms with van der Waals surface area (Å²) in [4.78, 5) is 0. The number of rotatable bonds is 0. The molecule has 7 aromatic rings. The standard InChI is InChI=1S/C34H18/c1-4-12-22-19(9-1)20-10-2-6-14-24(20)31-30(22)28-18-17-27-21-11-3-5-13-23(21)29-25-15-7-8-16-26(25)33(31)34(28)32(27)29/h1-18H. The van der Waals surface area contributed by atoms with Crippen LogP contribution in [-0.2, 0) is 0 Å². The van der Waals surface area contributed by atoms with Crippen molar-refractivity contribution >= 4 is 43.1 Å². The van der Waals surface area contributed by atoms with E-state index in [1.807, 2.05) is 0 Å². The van der Waals surface area contributed by atoms with Crippen molar-refractivity contribution in [2.45, 2.75) is 0 Å². The molecule has 0 heterocycles. The molecule has 154 valence electrons. The molecule has 0 amide bonds. The van der Waals surface area contributed by atoms with Crippen LogP contribution < -0.4 is 0 Å². The molecule has 2 aliphatic rings. The van der Waals surface area contributed by atoms with Crippen LogP contribution in [0.5, 0.6) is 0 Å². The van der Waals surface area contributed by atoms with Gasteiger partial charge in [-0.3, -0.25) is 0 Å². The first-order chi connectivity index (χ1) is 16.9. The molecular weight excluding hydrogens is 408 g/mol. The Morgan fingerprint density at radius 3 is 1.35 bits per heavy atom. The van der Waals surface area contributed by atoms with Crippen molar-refractivity contribution in [3.05, 3.63) is 151 Å². The normalized spacial score (nSPS) is 12.7. The fourth-order valence-electron chi connectivity index (χ4n) is 6.90. The summed E-state index contributed by atoms with van der Waals surface area (Å²) < 4.78 is 0. The van der Waals surface area contributed by atoms with Crippen LogP contribution in [0.3, 0.4) is 0 Å². The zero-order valence-corrected chi connectivity index (χ0v) is 18.4. The van der Waals surface area contributed by atoms with Crippen molar-refractivity contribution in [2.24, 2.45) is 0 Å². The third-order valence-electron chi connectivity index (χ3n) is 8.11. The Balaban J connectivity index is 1.87. The molecular formula is C34H18. The molecule has 0 aliphatic heterocycles. The molecule has 0 spiro atoms. The van der Waals surface area contributed by atoms with E-state index in [-0.39, 0.29) is 0 Å². The number of hydrogen-bond donors (Lipinski definition) is 0. The second-order valence-electron chi connectivity index (χ2n) is 9.59. The van der Waals surface area contributed by atoms with E-state index in [0.29, 0.717) is 0 Å². The first kappa shape index (κ1) is 17.1. The van der Waals surface area contributed by atoms with E-state index in [1.165, 1.54) is 84.8 Å². The van der Waals surface area contributed by atoms with Crippen LogP contribution in [0.25, 0.3) is 43.1 Å². The van der Waals surface area contributed by atoms with Crippen molar-refractivity contribution in [1.82, 2.24) is 0 Å². The minimum Gasteiger partial charge on any atom is -0.0616 e. The Kier molecular flexibility index (Phi) is 2.88. The Bertz CT molecular complexity index is 2490. The lowest BCUT2D eigenvalue weighted by atomic mass is 9.96. The summed E-state index contributed by atoms with van der Waals surface area (Å²) in [6, 6.07) is 40.6. The molecule has 0 fully saturated rings. The highest BCUT2D eigenvalue weighted by atomic mass is 14.2. The Morgan fingerprint density at radius 1 is 0.235 bits per heavy atom. The average molecular weight is 427 g/mol. The number of fused-ring (bicyclic) bond motifs is 10.